The molecule has 7 heteroatoms. The topological polar surface area (TPSA) is 83.6 Å². The number of imidazole rings is 1. The summed E-state index contributed by atoms with van der Waals surface area (Å²) in [5.74, 6) is 0.953. The van der Waals surface area contributed by atoms with Crippen LogP contribution in [0.1, 0.15) is 17.2 Å². The summed E-state index contributed by atoms with van der Waals surface area (Å²) in [4.78, 5) is 28.2. The Kier molecular flexibility index (Phi) is 4.57. The maximum Gasteiger partial charge on any atom is 0.230 e. The van der Waals surface area contributed by atoms with Gasteiger partial charge < -0.3 is 10.3 Å². The van der Waals surface area contributed by atoms with Crippen molar-refractivity contribution in [1.82, 2.24) is 25.3 Å². The van der Waals surface area contributed by atoms with Gasteiger partial charge in [0, 0.05) is 11.4 Å². The fourth-order valence-corrected chi connectivity index (χ4v) is 2.99. The van der Waals surface area contributed by atoms with Gasteiger partial charge in [-0.2, -0.15) is 0 Å². The number of aryl methyl sites for hydroxylation is 2. The molecule has 118 valence electrons. The first-order chi connectivity index (χ1) is 11.1. The Bertz CT molecular complexity index is 792. The molecule has 0 radical (unpaired) electrons. The van der Waals surface area contributed by atoms with Crippen LogP contribution < -0.4 is 5.32 Å². The molecule has 0 saturated carbocycles. The Morgan fingerprint density at radius 3 is 2.65 bits per heavy atom. The molecule has 0 atom stereocenters. The molecule has 0 bridgehead atoms. The highest BCUT2D eigenvalue weighted by Gasteiger charge is 2.07. The van der Waals surface area contributed by atoms with Gasteiger partial charge in [0.1, 0.15) is 5.82 Å². The van der Waals surface area contributed by atoms with Crippen molar-refractivity contribution in [3.8, 4) is 0 Å². The zero-order valence-electron chi connectivity index (χ0n) is 13.0. The Labute approximate surface area is 138 Å². The molecule has 23 heavy (non-hydrogen) atoms. The highest BCUT2D eigenvalue weighted by Crippen LogP contribution is 2.14. The number of rotatable bonds is 5. The molecule has 0 aliphatic rings. The van der Waals surface area contributed by atoms with Gasteiger partial charge in [-0.25, -0.2) is 15.0 Å². The Hall–Kier alpha value is -2.41. The quantitative estimate of drug-likeness (QED) is 0.555. The number of fused-ring (bicyclic) bond motifs is 1. The molecule has 2 heterocycles. The lowest BCUT2D eigenvalue weighted by atomic mass is 10.3. The van der Waals surface area contributed by atoms with Crippen LogP contribution in [0.2, 0.25) is 0 Å². The maximum absolute atomic E-state index is 11.9. The van der Waals surface area contributed by atoms with E-state index in [2.05, 4.69) is 25.3 Å². The average molecular weight is 327 g/mol. The van der Waals surface area contributed by atoms with Gasteiger partial charge in [-0.05, 0) is 32.0 Å². The van der Waals surface area contributed by atoms with E-state index < -0.39 is 0 Å². The highest BCUT2D eigenvalue weighted by atomic mass is 32.2. The first-order valence-corrected chi connectivity index (χ1v) is 8.24. The number of amides is 1. The Balaban J connectivity index is 1.53. The first-order valence-electron chi connectivity index (χ1n) is 7.25. The smallest absolute Gasteiger partial charge is 0.230 e. The first kappa shape index (κ1) is 15.5. The third kappa shape index (κ3) is 4.07. The van der Waals surface area contributed by atoms with Crippen molar-refractivity contribution in [2.45, 2.75) is 25.5 Å². The van der Waals surface area contributed by atoms with Crippen molar-refractivity contribution in [2.75, 3.05) is 5.75 Å². The maximum atomic E-state index is 11.9. The molecular formula is C16H17N5OS. The summed E-state index contributed by atoms with van der Waals surface area (Å²) in [5.41, 5.74) is 3.68. The molecule has 0 aliphatic heterocycles. The van der Waals surface area contributed by atoms with Crippen LogP contribution in [0, 0.1) is 13.8 Å². The summed E-state index contributed by atoms with van der Waals surface area (Å²) < 4.78 is 0. The number of benzene rings is 1. The van der Waals surface area contributed by atoms with Crippen molar-refractivity contribution in [3.63, 3.8) is 0 Å². The van der Waals surface area contributed by atoms with Crippen molar-refractivity contribution >= 4 is 28.7 Å². The van der Waals surface area contributed by atoms with Gasteiger partial charge >= 0.3 is 0 Å². The van der Waals surface area contributed by atoms with Gasteiger partial charge in [-0.1, -0.05) is 23.9 Å². The van der Waals surface area contributed by atoms with Crippen LogP contribution in [0.15, 0.2) is 35.5 Å². The van der Waals surface area contributed by atoms with E-state index >= 15 is 0 Å². The van der Waals surface area contributed by atoms with Crippen molar-refractivity contribution in [2.24, 2.45) is 0 Å². The minimum absolute atomic E-state index is 0.0711. The monoisotopic (exact) mass is 327 g/mol. The lowest BCUT2D eigenvalue weighted by Gasteiger charge is -2.04. The lowest BCUT2D eigenvalue weighted by Crippen LogP contribution is -2.25. The Morgan fingerprint density at radius 1 is 1.17 bits per heavy atom. The van der Waals surface area contributed by atoms with Crippen LogP contribution in [-0.2, 0) is 11.3 Å². The summed E-state index contributed by atoms with van der Waals surface area (Å²) in [6.07, 6.45) is 0. The summed E-state index contributed by atoms with van der Waals surface area (Å²) in [6.45, 7) is 4.21. The zero-order chi connectivity index (χ0) is 16.2. The van der Waals surface area contributed by atoms with Crippen LogP contribution in [-0.4, -0.2) is 31.6 Å². The number of hydrogen-bond donors (Lipinski definition) is 2. The van der Waals surface area contributed by atoms with E-state index in [4.69, 9.17) is 0 Å². The number of carbonyl (C=O) groups is 1. The number of nitrogens with zero attached hydrogens (tertiary/aromatic N) is 3. The van der Waals surface area contributed by atoms with E-state index in [0.29, 0.717) is 11.7 Å². The van der Waals surface area contributed by atoms with E-state index in [0.717, 1.165) is 28.2 Å². The number of thioether (sulfide) groups is 1. The number of para-hydroxylation sites is 2. The molecular weight excluding hydrogens is 310 g/mol. The highest BCUT2D eigenvalue weighted by molar-refractivity contribution is 7.99. The van der Waals surface area contributed by atoms with E-state index in [-0.39, 0.29) is 11.7 Å². The fourth-order valence-electron chi connectivity index (χ4n) is 2.21. The minimum atomic E-state index is -0.0711. The third-order valence-corrected chi connectivity index (χ3v) is 4.03. The molecule has 0 aliphatic carbocycles. The van der Waals surface area contributed by atoms with Crippen LogP contribution in [0.3, 0.4) is 0 Å². The number of aromatic nitrogens is 4. The predicted molar refractivity (Wildman–Crippen MR) is 90.2 cm³/mol. The molecule has 3 rings (SSSR count). The van der Waals surface area contributed by atoms with Crippen LogP contribution >= 0.6 is 11.8 Å². The van der Waals surface area contributed by atoms with Crippen LogP contribution in [0.5, 0.6) is 0 Å². The van der Waals surface area contributed by atoms with Crippen molar-refractivity contribution in [3.05, 3.63) is 47.5 Å². The molecule has 2 aromatic heterocycles. The Morgan fingerprint density at radius 2 is 1.91 bits per heavy atom. The molecule has 1 amide bonds. The fraction of sp³-hybridized carbons (Fsp3) is 0.250. The van der Waals surface area contributed by atoms with Crippen LogP contribution in [0.4, 0.5) is 0 Å². The van der Waals surface area contributed by atoms with Gasteiger partial charge in [-0.15, -0.1) is 0 Å². The predicted octanol–water partition coefficient (Wildman–Crippen LogP) is 2.38. The van der Waals surface area contributed by atoms with E-state index in [1.54, 1.807) is 0 Å². The SMILES string of the molecule is Cc1cc(C)nc(SCC(=O)NCc2nc3ccccc3[nH]2)n1. The number of H-pyrrole nitrogens is 1. The number of aromatic amines is 1. The lowest BCUT2D eigenvalue weighted by molar-refractivity contribution is -0.118. The van der Waals surface area contributed by atoms with Crippen molar-refractivity contribution in [1.29, 1.82) is 0 Å². The van der Waals surface area contributed by atoms with Gasteiger partial charge in [0.15, 0.2) is 5.16 Å². The van der Waals surface area contributed by atoms with Crippen molar-refractivity contribution < 1.29 is 4.79 Å². The normalized spacial score (nSPS) is 10.9. The van der Waals surface area contributed by atoms with Gasteiger partial charge in [-0.3, -0.25) is 4.79 Å². The van der Waals surface area contributed by atoms with E-state index in [9.17, 15) is 4.79 Å². The number of carbonyl (C=O) groups excluding carboxylic acids is 1. The molecule has 2 N–H and O–H groups in total. The molecule has 0 fully saturated rings. The summed E-state index contributed by atoms with van der Waals surface area (Å²) in [5, 5.41) is 3.48. The molecule has 0 spiro atoms. The number of hydrogen-bond acceptors (Lipinski definition) is 5. The summed E-state index contributed by atoms with van der Waals surface area (Å²) >= 11 is 1.33. The third-order valence-electron chi connectivity index (χ3n) is 3.19. The van der Waals surface area contributed by atoms with Gasteiger partial charge in [0.05, 0.1) is 23.3 Å². The minimum Gasteiger partial charge on any atom is -0.348 e. The summed E-state index contributed by atoms with van der Waals surface area (Å²) in [6, 6.07) is 9.69. The second-order valence-electron chi connectivity index (χ2n) is 5.20. The average Bonchev–Trinajstić information content (AvgIpc) is 2.93. The molecule has 3 aromatic rings. The zero-order valence-corrected chi connectivity index (χ0v) is 13.8. The number of nitrogens with one attached hydrogen (secondary N) is 2. The molecule has 0 unspecified atom stereocenters. The largest absolute Gasteiger partial charge is 0.348 e. The second-order valence-corrected chi connectivity index (χ2v) is 6.14. The standard InChI is InChI=1S/C16H17N5OS/c1-10-7-11(2)19-16(18-10)23-9-15(22)17-8-14-20-12-5-3-4-6-13(12)21-14/h3-7H,8-9H2,1-2H3,(H,17,22)(H,20,21). The van der Waals surface area contributed by atoms with E-state index in [1.165, 1.54) is 11.8 Å². The van der Waals surface area contributed by atoms with Gasteiger partial charge in [0.2, 0.25) is 5.91 Å². The van der Waals surface area contributed by atoms with Gasteiger partial charge in [0.25, 0.3) is 0 Å². The van der Waals surface area contributed by atoms with E-state index in [1.807, 2.05) is 44.2 Å². The summed E-state index contributed by atoms with van der Waals surface area (Å²) in [7, 11) is 0. The van der Waals surface area contributed by atoms with Crippen LogP contribution in [0.25, 0.3) is 11.0 Å². The molecule has 0 saturated heterocycles. The molecule has 1 aromatic carbocycles. The second kappa shape index (κ2) is 6.78. The molecule has 6 nitrogen and oxygen atoms in total.